The van der Waals surface area contributed by atoms with Crippen LogP contribution in [0, 0.1) is 0 Å². The van der Waals surface area contributed by atoms with E-state index in [4.69, 9.17) is 0 Å². The van der Waals surface area contributed by atoms with Gasteiger partial charge in [-0.25, -0.2) is 9.97 Å². The number of benzene rings is 1. The maximum Gasteiger partial charge on any atom is 0.433 e. The molecule has 0 aliphatic rings. The molecule has 5 rings (SSSR count). The first-order valence-electron chi connectivity index (χ1n) is 8.64. The zero-order valence-corrected chi connectivity index (χ0v) is 15.0. The Bertz CT molecular complexity index is 1480. The molecule has 0 bridgehead atoms. The van der Waals surface area contributed by atoms with E-state index >= 15 is 0 Å². The Morgan fingerprint density at radius 1 is 1.03 bits per heavy atom. The Hall–Kier alpha value is -3.75. The summed E-state index contributed by atoms with van der Waals surface area (Å²) in [6.45, 7) is 0. The second kappa shape index (κ2) is 5.87. The molecule has 0 N–H and O–H groups in total. The SMILES string of the molecule is Cn1cnc2c(=O)n(-c3ccc4ncccc4c3)c3nc(C(F)(F)F)ccc3c21. The summed E-state index contributed by atoms with van der Waals surface area (Å²) in [5.74, 6) is 0. The molecule has 0 spiro atoms. The molecule has 0 aliphatic carbocycles. The quantitative estimate of drug-likeness (QED) is 0.433. The highest BCUT2D eigenvalue weighted by Gasteiger charge is 2.33. The first kappa shape index (κ1) is 17.4. The minimum absolute atomic E-state index is 0.0795. The molecule has 0 radical (unpaired) electrons. The molecule has 0 atom stereocenters. The van der Waals surface area contributed by atoms with Crippen molar-refractivity contribution in [1.29, 1.82) is 0 Å². The third kappa shape index (κ3) is 2.58. The summed E-state index contributed by atoms with van der Waals surface area (Å²) >= 11 is 0. The van der Waals surface area contributed by atoms with Gasteiger partial charge < -0.3 is 4.57 Å². The molecule has 0 fully saturated rings. The summed E-state index contributed by atoms with van der Waals surface area (Å²) in [6, 6.07) is 10.8. The van der Waals surface area contributed by atoms with Crippen molar-refractivity contribution < 1.29 is 13.2 Å². The summed E-state index contributed by atoms with van der Waals surface area (Å²) in [5, 5.41) is 1.15. The van der Waals surface area contributed by atoms with Crippen LogP contribution in [0.5, 0.6) is 0 Å². The molecule has 4 heterocycles. The second-order valence-corrected chi connectivity index (χ2v) is 6.64. The number of rotatable bonds is 1. The molecule has 144 valence electrons. The van der Waals surface area contributed by atoms with Crippen LogP contribution in [0.4, 0.5) is 13.2 Å². The van der Waals surface area contributed by atoms with Crippen molar-refractivity contribution in [2.24, 2.45) is 7.05 Å². The average Bonchev–Trinajstić information content (AvgIpc) is 3.09. The van der Waals surface area contributed by atoms with Gasteiger partial charge in [0.1, 0.15) is 11.3 Å². The number of hydrogen-bond donors (Lipinski definition) is 0. The second-order valence-electron chi connectivity index (χ2n) is 6.64. The Balaban J connectivity index is 1.96. The smallest absolute Gasteiger partial charge is 0.333 e. The zero-order valence-electron chi connectivity index (χ0n) is 15.0. The topological polar surface area (TPSA) is 65.6 Å². The normalized spacial score (nSPS) is 12.3. The maximum atomic E-state index is 13.3. The van der Waals surface area contributed by atoms with E-state index in [-0.39, 0.29) is 11.2 Å². The van der Waals surface area contributed by atoms with Crippen LogP contribution in [0.25, 0.3) is 38.7 Å². The fourth-order valence-corrected chi connectivity index (χ4v) is 3.51. The van der Waals surface area contributed by atoms with Crippen molar-refractivity contribution in [3.8, 4) is 5.69 Å². The molecule has 6 nitrogen and oxygen atoms in total. The molecule has 0 aliphatic heterocycles. The molecule has 0 unspecified atom stereocenters. The number of aromatic nitrogens is 5. The Kier molecular flexibility index (Phi) is 3.51. The minimum Gasteiger partial charge on any atom is -0.333 e. The largest absolute Gasteiger partial charge is 0.433 e. The van der Waals surface area contributed by atoms with Gasteiger partial charge in [-0.05, 0) is 36.4 Å². The van der Waals surface area contributed by atoms with Gasteiger partial charge in [-0.1, -0.05) is 6.07 Å². The predicted molar refractivity (Wildman–Crippen MR) is 102 cm³/mol. The predicted octanol–water partition coefficient (Wildman–Crippen LogP) is 3.84. The van der Waals surface area contributed by atoms with Gasteiger partial charge in [0, 0.05) is 24.0 Å². The van der Waals surface area contributed by atoms with E-state index in [1.807, 2.05) is 6.07 Å². The summed E-state index contributed by atoms with van der Waals surface area (Å²) in [7, 11) is 1.68. The van der Waals surface area contributed by atoms with E-state index in [1.54, 1.807) is 42.1 Å². The number of fused-ring (bicyclic) bond motifs is 4. The van der Waals surface area contributed by atoms with Gasteiger partial charge in [-0.2, -0.15) is 13.2 Å². The summed E-state index contributed by atoms with van der Waals surface area (Å²) in [4.78, 5) is 25.4. The monoisotopic (exact) mass is 395 g/mol. The van der Waals surface area contributed by atoms with E-state index in [2.05, 4.69) is 15.0 Å². The van der Waals surface area contributed by atoms with Crippen LogP contribution >= 0.6 is 0 Å². The minimum atomic E-state index is -4.64. The standard InChI is InChI=1S/C20H12F3N5O/c1-27-10-25-16-17(27)13-5-7-15(20(21,22)23)26-18(13)28(19(16)29)12-4-6-14-11(9-12)3-2-8-24-14/h2-10H,1H3. The molecular formula is C20H12F3N5O. The number of nitrogens with zero attached hydrogens (tertiary/aromatic N) is 5. The summed E-state index contributed by atoms with van der Waals surface area (Å²) < 4.78 is 42.7. The van der Waals surface area contributed by atoms with Crippen molar-refractivity contribution in [3.63, 3.8) is 0 Å². The van der Waals surface area contributed by atoms with Gasteiger partial charge in [0.15, 0.2) is 5.52 Å². The van der Waals surface area contributed by atoms with Gasteiger partial charge in [0.2, 0.25) is 0 Å². The van der Waals surface area contributed by atoms with Crippen molar-refractivity contribution in [2.45, 2.75) is 6.18 Å². The van der Waals surface area contributed by atoms with E-state index in [0.717, 1.165) is 11.5 Å². The molecule has 9 heteroatoms. The molecule has 0 saturated heterocycles. The molecule has 0 amide bonds. The fraction of sp³-hybridized carbons (Fsp3) is 0.100. The summed E-state index contributed by atoms with van der Waals surface area (Å²) in [6.07, 6.45) is -1.54. The fourth-order valence-electron chi connectivity index (χ4n) is 3.51. The van der Waals surface area contributed by atoms with E-state index < -0.39 is 17.4 Å². The molecule has 29 heavy (non-hydrogen) atoms. The van der Waals surface area contributed by atoms with Crippen molar-refractivity contribution in [3.05, 3.63) is 71.0 Å². The highest BCUT2D eigenvalue weighted by molar-refractivity contribution is 6.01. The van der Waals surface area contributed by atoms with Gasteiger partial charge in [0.25, 0.3) is 5.56 Å². The third-order valence-corrected chi connectivity index (χ3v) is 4.82. The van der Waals surface area contributed by atoms with Crippen LogP contribution in [0.2, 0.25) is 0 Å². The highest BCUT2D eigenvalue weighted by atomic mass is 19.4. The van der Waals surface area contributed by atoms with Gasteiger partial charge in [-0.3, -0.25) is 14.3 Å². The number of pyridine rings is 3. The van der Waals surface area contributed by atoms with Gasteiger partial charge in [0.05, 0.1) is 23.0 Å². The molecule has 4 aromatic heterocycles. The lowest BCUT2D eigenvalue weighted by Crippen LogP contribution is -2.21. The molecule has 1 aromatic carbocycles. The van der Waals surface area contributed by atoms with Crippen LogP contribution in [-0.2, 0) is 13.2 Å². The number of alkyl halides is 3. The van der Waals surface area contributed by atoms with Crippen molar-refractivity contribution in [2.75, 3.05) is 0 Å². The maximum absolute atomic E-state index is 13.3. The van der Waals surface area contributed by atoms with Crippen LogP contribution in [0.3, 0.4) is 0 Å². The zero-order chi connectivity index (χ0) is 20.3. The van der Waals surface area contributed by atoms with E-state index in [9.17, 15) is 18.0 Å². The average molecular weight is 395 g/mol. The van der Waals surface area contributed by atoms with Crippen LogP contribution < -0.4 is 5.56 Å². The summed E-state index contributed by atoms with van der Waals surface area (Å²) in [5.41, 5.74) is 0.00330. The van der Waals surface area contributed by atoms with Crippen molar-refractivity contribution in [1.82, 2.24) is 24.1 Å². The van der Waals surface area contributed by atoms with Crippen LogP contribution in [0.1, 0.15) is 5.69 Å². The van der Waals surface area contributed by atoms with E-state index in [1.165, 1.54) is 17.0 Å². The lowest BCUT2D eigenvalue weighted by atomic mass is 10.1. The number of hydrogen-bond acceptors (Lipinski definition) is 4. The lowest BCUT2D eigenvalue weighted by molar-refractivity contribution is -0.141. The van der Waals surface area contributed by atoms with Crippen LogP contribution in [0.15, 0.2) is 59.8 Å². The van der Waals surface area contributed by atoms with Gasteiger partial charge in [-0.15, -0.1) is 0 Å². The molecule has 0 saturated carbocycles. The molecule has 5 aromatic rings. The first-order chi connectivity index (χ1) is 13.8. The number of imidazole rings is 1. The third-order valence-electron chi connectivity index (χ3n) is 4.82. The lowest BCUT2D eigenvalue weighted by Gasteiger charge is -2.14. The highest BCUT2D eigenvalue weighted by Crippen LogP contribution is 2.31. The molecular weight excluding hydrogens is 383 g/mol. The van der Waals surface area contributed by atoms with E-state index in [0.29, 0.717) is 22.1 Å². The number of halogens is 3. The van der Waals surface area contributed by atoms with Crippen molar-refractivity contribution >= 4 is 33.0 Å². The Morgan fingerprint density at radius 2 is 1.86 bits per heavy atom. The van der Waals surface area contributed by atoms with Crippen LogP contribution in [-0.4, -0.2) is 24.1 Å². The number of aryl methyl sites for hydroxylation is 1. The Morgan fingerprint density at radius 3 is 2.66 bits per heavy atom. The van der Waals surface area contributed by atoms with Gasteiger partial charge >= 0.3 is 6.18 Å². The Labute approximate surface area is 160 Å². The first-order valence-corrected chi connectivity index (χ1v) is 8.64.